The van der Waals surface area contributed by atoms with Crippen molar-refractivity contribution in [2.24, 2.45) is 11.7 Å². The summed E-state index contributed by atoms with van der Waals surface area (Å²) in [6.07, 6.45) is 2.38. The number of hydrogen-bond acceptors (Lipinski definition) is 4. The minimum absolute atomic E-state index is 0.0731. The maximum absolute atomic E-state index is 6.16. The van der Waals surface area contributed by atoms with E-state index >= 15 is 0 Å². The Morgan fingerprint density at radius 3 is 2.90 bits per heavy atom. The van der Waals surface area contributed by atoms with Gasteiger partial charge in [-0.05, 0) is 47.8 Å². The Bertz CT molecular complexity index is 437. The van der Waals surface area contributed by atoms with Gasteiger partial charge in [0.05, 0.1) is 6.10 Å². The fraction of sp³-hybridized carbons (Fsp3) is 0.733. The molecule has 2 heterocycles. The minimum Gasteiger partial charge on any atom is -0.378 e. The zero-order valence-electron chi connectivity index (χ0n) is 12.6. The minimum atomic E-state index is 0.0731. The van der Waals surface area contributed by atoms with Crippen LogP contribution in [0.4, 0.5) is 0 Å². The fourth-order valence-electron chi connectivity index (χ4n) is 2.89. The molecular formula is C15H25BrN2OS. The van der Waals surface area contributed by atoms with Gasteiger partial charge in [-0.15, -0.1) is 11.3 Å². The van der Waals surface area contributed by atoms with Gasteiger partial charge in [0.25, 0.3) is 0 Å². The first kappa shape index (κ1) is 16.4. The smallest absolute Gasteiger partial charge is 0.0616 e. The fourth-order valence-corrected chi connectivity index (χ4v) is 4.39. The van der Waals surface area contributed by atoms with E-state index in [0.717, 1.165) is 26.0 Å². The molecule has 1 aliphatic rings. The lowest BCUT2D eigenvalue weighted by Crippen LogP contribution is -2.57. The van der Waals surface area contributed by atoms with Gasteiger partial charge in [-0.25, -0.2) is 0 Å². The van der Waals surface area contributed by atoms with E-state index in [9.17, 15) is 0 Å². The van der Waals surface area contributed by atoms with Gasteiger partial charge in [0.2, 0.25) is 0 Å². The van der Waals surface area contributed by atoms with Crippen molar-refractivity contribution in [2.45, 2.75) is 44.9 Å². The highest BCUT2D eigenvalue weighted by molar-refractivity contribution is 9.10. The average Bonchev–Trinajstić information content (AvgIpc) is 2.84. The van der Waals surface area contributed by atoms with Crippen molar-refractivity contribution in [3.05, 3.63) is 20.8 Å². The van der Waals surface area contributed by atoms with Gasteiger partial charge in [-0.1, -0.05) is 13.8 Å². The molecule has 0 amide bonds. The second kappa shape index (κ2) is 6.88. The summed E-state index contributed by atoms with van der Waals surface area (Å²) in [4.78, 5) is 3.81. The molecule has 0 bridgehead atoms. The van der Waals surface area contributed by atoms with E-state index in [4.69, 9.17) is 10.5 Å². The van der Waals surface area contributed by atoms with Gasteiger partial charge in [-0.2, -0.15) is 0 Å². The van der Waals surface area contributed by atoms with Gasteiger partial charge in [0, 0.05) is 40.0 Å². The van der Waals surface area contributed by atoms with E-state index in [-0.39, 0.29) is 5.54 Å². The first-order valence-corrected chi connectivity index (χ1v) is 8.90. The molecule has 2 N–H and O–H groups in total. The molecule has 2 unspecified atom stereocenters. The maximum atomic E-state index is 6.16. The quantitative estimate of drug-likeness (QED) is 0.873. The highest BCUT2D eigenvalue weighted by atomic mass is 79.9. The lowest BCUT2D eigenvalue weighted by Gasteiger charge is -2.47. The lowest BCUT2D eigenvalue weighted by molar-refractivity contribution is -0.0832. The molecule has 20 heavy (non-hydrogen) atoms. The standard InChI is InChI=1S/C15H25BrN2OS/c1-11(2)14-7-15(10-17,4-5-19-14)18(3)8-13-6-12(16)9-20-13/h6,9,11,14H,4-5,7-8,10,17H2,1-3H3. The van der Waals surface area contributed by atoms with Crippen molar-refractivity contribution in [3.63, 3.8) is 0 Å². The van der Waals surface area contributed by atoms with Gasteiger partial charge in [0.1, 0.15) is 0 Å². The van der Waals surface area contributed by atoms with Crippen LogP contribution >= 0.6 is 27.3 Å². The first-order chi connectivity index (χ1) is 9.47. The molecule has 2 atom stereocenters. The van der Waals surface area contributed by atoms with Crippen LogP contribution < -0.4 is 5.73 Å². The Kier molecular flexibility index (Phi) is 5.65. The lowest BCUT2D eigenvalue weighted by atomic mass is 9.82. The SMILES string of the molecule is CC(C)C1CC(CN)(N(C)Cc2cc(Br)cs2)CCO1. The molecule has 0 radical (unpaired) electrons. The molecule has 0 aliphatic carbocycles. The number of nitrogens with zero attached hydrogens (tertiary/aromatic N) is 1. The molecule has 1 saturated heterocycles. The summed E-state index contributed by atoms with van der Waals surface area (Å²) in [6.45, 7) is 6.93. The molecule has 3 nitrogen and oxygen atoms in total. The van der Waals surface area contributed by atoms with E-state index in [1.165, 1.54) is 9.35 Å². The van der Waals surface area contributed by atoms with Crippen molar-refractivity contribution in [3.8, 4) is 0 Å². The first-order valence-electron chi connectivity index (χ1n) is 7.23. The molecule has 1 aliphatic heterocycles. The number of ether oxygens (including phenoxy) is 1. The molecule has 2 rings (SSSR count). The molecule has 1 fully saturated rings. The van der Waals surface area contributed by atoms with Crippen LogP contribution in [0.3, 0.4) is 0 Å². The van der Waals surface area contributed by atoms with Crippen LogP contribution in [0.5, 0.6) is 0 Å². The van der Waals surface area contributed by atoms with Crippen molar-refractivity contribution in [2.75, 3.05) is 20.2 Å². The van der Waals surface area contributed by atoms with Gasteiger partial charge < -0.3 is 10.5 Å². The number of halogens is 1. The molecule has 0 spiro atoms. The third-order valence-electron chi connectivity index (χ3n) is 4.43. The van der Waals surface area contributed by atoms with Crippen LogP contribution in [0.15, 0.2) is 15.9 Å². The molecule has 1 aromatic heterocycles. The van der Waals surface area contributed by atoms with Gasteiger partial charge >= 0.3 is 0 Å². The van der Waals surface area contributed by atoms with Crippen LogP contribution in [0.1, 0.15) is 31.6 Å². The summed E-state index contributed by atoms with van der Waals surface area (Å²) in [7, 11) is 2.20. The Balaban J connectivity index is 2.08. The molecule has 5 heteroatoms. The van der Waals surface area contributed by atoms with E-state index in [1.807, 2.05) is 0 Å². The predicted molar refractivity (Wildman–Crippen MR) is 89.1 cm³/mol. The summed E-state index contributed by atoms with van der Waals surface area (Å²) in [5.74, 6) is 0.547. The Morgan fingerprint density at radius 2 is 2.35 bits per heavy atom. The molecule has 114 valence electrons. The number of likely N-dealkylation sites (N-methyl/N-ethyl adjacent to an activating group) is 1. The summed E-state index contributed by atoms with van der Waals surface area (Å²) in [5.41, 5.74) is 6.23. The highest BCUT2D eigenvalue weighted by Crippen LogP contribution is 2.34. The second-order valence-electron chi connectivity index (χ2n) is 6.12. The summed E-state index contributed by atoms with van der Waals surface area (Å²) in [5, 5.41) is 2.14. The van der Waals surface area contributed by atoms with Crippen LogP contribution in [-0.4, -0.2) is 36.7 Å². The zero-order chi connectivity index (χ0) is 14.8. The third-order valence-corrected chi connectivity index (χ3v) is 6.11. The Morgan fingerprint density at radius 1 is 1.60 bits per heavy atom. The molecular weight excluding hydrogens is 336 g/mol. The van der Waals surface area contributed by atoms with E-state index in [1.54, 1.807) is 11.3 Å². The van der Waals surface area contributed by atoms with Crippen molar-refractivity contribution in [1.82, 2.24) is 4.90 Å². The second-order valence-corrected chi connectivity index (χ2v) is 8.03. The normalized spacial score (nSPS) is 27.4. The highest BCUT2D eigenvalue weighted by Gasteiger charge is 2.40. The topological polar surface area (TPSA) is 38.5 Å². The predicted octanol–water partition coefficient (Wildman–Crippen LogP) is 3.47. The number of rotatable bonds is 5. The van der Waals surface area contributed by atoms with E-state index in [2.05, 4.69) is 53.2 Å². The summed E-state index contributed by atoms with van der Waals surface area (Å²) in [6, 6.07) is 2.20. The van der Waals surface area contributed by atoms with Crippen LogP contribution in [0.2, 0.25) is 0 Å². The number of hydrogen-bond donors (Lipinski definition) is 1. The van der Waals surface area contributed by atoms with Gasteiger partial charge in [-0.3, -0.25) is 4.90 Å². The van der Waals surface area contributed by atoms with E-state index < -0.39 is 0 Å². The van der Waals surface area contributed by atoms with Crippen LogP contribution in [0, 0.1) is 5.92 Å². The zero-order valence-corrected chi connectivity index (χ0v) is 15.0. The monoisotopic (exact) mass is 360 g/mol. The molecule has 1 aromatic rings. The molecule has 0 aromatic carbocycles. The summed E-state index contributed by atoms with van der Waals surface area (Å²) < 4.78 is 7.08. The van der Waals surface area contributed by atoms with Crippen molar-refractivity contribution >= 4 is 27.3 Å². The largest absolute Gasteiger partial charge is 0.378 e. The number of nitrogens with two attached hydrogens (primary N) is 1. The van der Waals surface area contributed by atoms with Crippen LogP contribution in [-0.2, 0) is 11.3 Å². The Labute approximate surface area is 134 Å². The third kappa shape index (κ3) is 3.63. The van der Waals surface area contributed by atoms with Crippen molar-refractivity contribution < 1.29 is 4.74 Å². The Hall–Kier alpha value is 0.0600. The van der Waals surface area contributed by atoms with Crippen molar-refractivity contribution in [1.29, 1.82) is 0 Å². The maximum Gasteiger partial charge on any atom is 0.0616 e. The molecule has 0 saturated carbocycles. The number of thiophene rings is 1. The van der Waals surface area contributed by atoms with Gasteiger partial charge in [0.15, 0.2) is 0 Å². The van der Waals surface area contributed by atoms with Crippen LogP contribution in [0.25, 0.3) is 0 Å². The average molecular weight is 361 g/mol. The van der Waals surface area contributed by atoms with E-state index in [0.29, 0.717) is 18.6 Å². The summed E-state index contributed by atoms with van der Waals surface area (Å²) >= 11 is 5.32.